The van der Waals surface area contributed by atoms with E-state index < -0.39 is 22.6 Å². The van der Waals surface area contributed by atoms with Crippen LogP contribution in [0.15, 0.2) is 176 Å². The molecule has 6 heterocycles. The van der Waals surface area contributed by atoms with E-state index in [0.29, 0.717) is 39.4 Å². The van der Waals surface area contributed by atoms with Gasteiger partial charge in [0, 0.05) is 26.2 Å². The van der Waals surface area contributed by atoms with Crippen molar-refractivity contribution >= 4 is 57.3 Å². The summed E-state index contributed by atoms with van der Waals surface area (Å²) in [6.07, 6.45) is 8.53. The molecule has 0 amide bonds. The zero-order chi connectivity index (χ0) is 49.3. The largest absolute Gasteiger partial charge is 0.354 e. The van der Waals surface area contributed by atoms with Gasteiger partial charge in [-0.3, -0.25) is 4.79 Å². The highest BCUT2D eigenvalue weighted by molar-refractivity contribution is 6.35. The van der Waals surface area contributed by atoms with Gasteiger partial charge in [-0.25, -0.2) is 47.0 Å². The van der Waals surface area contributed by atoms with Crippen LogP contribution in [0.2, 0.25) is 20.1 Å². The number of nitrogens with zero attached hydrogens (tertiary/aromatic N) is 11. The zero-order valence-electron chi connectivity index (χ0n) is 36.5. The molecule has 2 aliphatic rings. The molecule has 14 nitrogen and oxygen atoms in total. The highest BCUT2D eigenvalue weighted by Gasteiger charge is 2.60. The Hall–Kier alpha value is -7.25. The standard InChI is InChI=1S/2C17H13ClFN3O.C16H8Cl2FN5O/c2*18-15-4-2-1-3-14(15)16-17(23-16,9-22-11-20-10-21-22)12-5-7-13(19)8-6-12;17-9-1-4-14(12(18)5-9)24-15(25)11-6-10(19)2-3-13(11)22-16(24)23-8-20-7-21-23/h2*1-8,10-11,16H,9H2;1-8H/t2*16-,17-;/m10./s1. The average molecular weight is 1040 g/mol. The number of benzene rings is 6. The smallest absolute Gasteiger partial charge is 0.267 e. The van der Waals surface area contributed by atoms with Crippen molar-refractivity contribution in [3.05, 3.63) is 242 Å². The number of fused-ring (bicyclic) bond motifs is 1. The van der Waals surface area contributed by atoms with Crippen LogP contribution in [0.5, 0.6) is 0 Å². The van der Waals surface area contributed by atoms with Crippen LogP contribution in [0.3, 0.4) is 0 Å². The Kier molecular flexibility index (Phi) is 13.3. The van der Waals surface area contributed by atoms with Crippen LogP contribution < -0.4 is 5.56 Å². The van der Waals surface area contributed by atoms with Crippen molar-refractivity contribution in [2.75, 3.05) is 0 Å². The lowest BCUT2D eigenvalue weighted by atomic mass is 9.91. The molecule has 0 aliphatic carbocycles. The van der Waals surface area contributed by atoms with Crippen LogP contribution >= 0.6 is 46.4 Å². The number of rotatable bonds is 10. The first-order valence-corrected chi connectivity index (χ1v) is 23.0. The van der Waals surface area contributed by atoms with Crippen molar-refractivity contribution in [1.29, 1.82) is 0 Å². The minimum atomic E-state index is -0.619. The second kappa shape index (κ2) is 19.9. The van der Waals surface area contributed by atoms with Gasteiger partial charge in [0.05, 0.1) is 34.7 Å². The molecule has 356 valence electrons. The molecule has 4 aromatic heterocycles. The summed E-state index contributed by atoms with van der Waals surface area (Å²) in [4.78, 5) is 29.3. The summed E-state index contributed by atoms with van der Waals surface area (Å²) in [5.41, 5.74) is 2.56. The van der Waals surface area contributed by atoms with Gasteiger partial charge >= 0.3 is 0 Å². The highest BCUT2D eigenvalue weighted by Crippen LogP contribution is 2.60. The Morgan fingerprint density at radius 2 is 1.06 bits per heavy atom. The summed E-state index contributed by atoms with van der Waals surface area (Å²) in [5.74, 6) is -0.918. The SMILES string of the molecule is Fc1ccc([C@@]2(Cn3cncn3)O[C@@H]2c2ccccc2Cl)cc1.Fc1ccc([C@]2(Cn3cncn3)O[C@H]2c2ccccc2Cl)cc1.O=c1c2cc(F)ccc2nc(-n2cncn2)n1-c1ccc(Cl)cc1Cl. The lowest BCUT2D eigenvalue weighted by molar-refractivity contribution is 0.262. The molecule has 12 rings (SSSR count). The Morgan fingerprint density at radius 3 is 1.54 bits per heavy atom. The van der Waals surface area contributed by atoms with Gasteiger partial charge in [0.1, 0.15) is 78.8 Å². The first kappa shape index (κ1) is 47.4. The van der Waals surface area contributed by atoms with Gasteiger partial charge in [0.2, 0.25) is 5.95 Å². The zero-order valence-corrected chi connectivity index (χ0v) is 39.5. The van der Waals surface area contributed by atoms with Crippen LogP contribution in [0.25, 0.3) is 22.5 Å². The predicted molar refractivity (Wildman–Crippen MR) is 259 cm³/mol. The van der Waals surface area contributed by atoms with Crippen molar-refractivity contribution in [3.63, 3.8) is 0 Å². The van der Waals surface area contributed by atoms with Gasteiger partial charge in [-0.2, -0.15) is 20.0 Å². The number of hydrogen-bond donors (Lipinski definition) is 0. The van der Waals surface area contributed by atoms with E-state index >= 15 is 0 Å². The molecule has 2 aliphatic heterocycles. The van der Waals surface area contributed by atoms with Crippen LogP contribution in [0.4, 0.5) is 13.2 Å². The van der Waals surface area contributed by atoms with Gasteiger partial charge in [0.25, 0.3) is 5.56 Å². The first-order chi connectivity index (χ1) is 34.4. The summed E-state index contributed by atoms with van der Waals surface area (Å²) < 4.78 is 58.3. The van der Waals surface area contributed by atoms with Crippen molar-refractivity contribution in [1.82, 2.24) is 53.8 Å². The molecule has 0 spiro atoms. The van der Waals surface area contributed by atoms with Crippen molar-refractivity contribution < 1.29 is 22.6 Å². The van der Waals surface area contributed by atoms with Crippen molar-refractivity contribution in [2.24, 2.45) is 0 Å². The van der Waals surface area contributed by atoms with Gasteiger partial charge in [-0.15, -0.1) is 0 Å². The summed E-state index contributed by atoms with van der Waals surface area (Å²) >= 11 is 24.8. The third-order valence-corrected chi connectivity index (χ3v) is 13.0. The number of halogens is 7. The summed E-state index contributed by atoms with van der Waals surface area (Å²) in [6, 6.07) is 36.3. The maximum absolute atomic E-state index is 13.6. The number of hydrogen-bond acceptors (Lipinski definition) is 10. The van der Waals surface area contributed by atoms with Gasteiger partial charge in [-0.1, -0.05) is 107 Å². The van der Waals surface area contributed by atoms with E-state index in [1.54, 1.807) is 58.4 Å². The Labute approximate surface area is 421 Å². The topological polar surface area (TPSA) is 152 Å². The van der Waals surface area contributed by atoms with Crippen molar-refractivity contribution in [3.8, 4) is 11.6 Å². The Bertz CT molecular complexity index is 3400. The summed E-state index contributed by atoms with van der Waals surface area (Å²) in [7, 11) is 0. The monoisotopic (exact) mass is 1030 g/mol. The molecule has 0 bridgehead atoms. The fourth-order valence-electron chi connectivity index (χ4n) is 8.28. The average Bonchev–Trinajstić information content (AvgIpc) is 3.80. The minimum Gasteiger partial charge on any atom is -0.354 e. The van der Waals surface area contributed by atoms with Crippen LogP contribution in [0.1, 0.15) is 34.5 Å². The molecule has 2 saturated heterocycles. The molecule has 0 N–H and O–H groups in total. The second-order valence-corrected chi connectivity index (χ2v) is 17.8. The molecule has 6 aromatic carbocycles. The fraction of sp³-hybridized carbons (Fsp3) is 0.120. The maximum atomic E-state index is 13.6. The quantitative estimate of drug-likeness (QED) is 0.121. The molecule has 0 unspecified atom stereocenters. The molecule has 0 saturated carbocycles. The summed E-state index contributed by atoms with van der Waals surface area (Å²) in [6.45, 7) is 0.961. The molecular formula is C50H34Cl4F3N11O3. The molecule has 2 fully saturated rings. The fourth-order valence-corrected chi connectivity index (χ4v) is 9.25. The first-order valence-electron chi connectivity index (χ1n) is 21.5. The van der Waals surface area contributed by atoms with E-state index in [1.807, 2.05) is 48.5 Å². The molecule has 4 atom stereocenters. The lowest BCUT2D eigenvalue weighted by Crippen LogP contribution is -2.25. The lowest BCUT2D eigenvalue weighted by Gasteiger charge is -2.14. The third-order valence-electron chi connectivity index (χ3n) is 11.7. The molecule has 71 heavy (non-hydrogen) atoms. The van der Waals surface area contributed by atoms with Crippen molar-refractivity contribution in [2.45, 2.75) is 36.5 Å². The van der Waals surface area contributed by atoms with E-state index in [-0.39, 0.29) is 40.2 Å². The molecule has 0 radical (unpaired) electrons. The van der Waals surface area contributed by atoms with Gasteiger partial charge in [0.15, 0.2) is 0 Å². The number of ether oxygens (including phenoxy) is 2. The highest BCUT2D eigenvalue weighted by atomic mass is 35.5. The minimum absolute atomic E-state index is 0.120. The number of epoxide rings is 2. The van der Waals surface area contributed by atoms with E-state index in [9.17, 15) is 18.0 Å². The van der Waals surface area contributed by atoms with Crippen LogP contribution in [0, 0.1) is 17.5 Å². The van der Waals surface area contributed by atoms with Crippen LogP contribution in [-0.2, 0) is 33.8 Å². The second-order valence-electron chi connectivity index (χ2n) is 16.2. The Balaban J connectivity index is 0.000000123. The van der Waals surface area contributed by atoms with Gasteiger partial charge < -0.3 is 9.47 Å². The molecule has 10 aromatic rings. The third kappa shape index (κ3) is 9.80. The number of aromatic nitrogens is 11. The van der Waals surface area contributed by atoms with E-state index in [0.717, 1.165) is 28.3 Å². The molecular weight excluding hydrogens is 1000 g/mol. The van der Waals surface area contributed by atoms with Gasteiger partial charge in [-0.05, 0) is 83.9 Å². The van der Waals surface area contributed by atoms with E-state index in [2.05, 4.69) is 35.2 Å². The Morgan fingerprint density at radius 1 is 0.549 bits per heavy atom. The summed E-state index contributed by atoms with van der Waals surface area (Å²) in [5, 5.41) is 14.4. The van der Waals surface area contributed by atoms with E-state index in [1.165, 1.54) is 77.0 Å². The van der Waals surface area contributed by atoms with E-state index in [4.69, 9.17) is 55.9 Å². The molecule has 21 heteroatoms. The van der Waals surface area contributed by atoms with Crippen LogP contribution in [-0.4, -0.2) is 53.8 Å². The normalized spacial score (nSPS) is 18.8. The predicted octanol–water partition coefficient (Wildman–Crippen LogP) is 10.9. The maximum Gasteiger partial charge on any atom is 0.267 e.